The van der Waals surface area contributed by atoms with Crippen LogP contribution in [0.4, 0.5) is 0 Å². The fourth-order valence-electron chi connectivity index (χ4n) is 3.15. The molecule has 0 atom stereocenters. The Bertz CT molecular complexity index is 833. The quantitative estimate of drug-likeness (QED) is 0.775. The number of rotatable bonds is 3. The van der Waals surface area contributed by atoms with Crippen molar-refractivity contribution >= 4 is 28.6 Å². The minimum atomic E-state index is 0.151. The Balaban J connectivity index is 1.79. The number of thioether (sulfide) groups is 1. The zero-order valence-corrected chi connectivity index (χ0v) is 15.7. The smallest absolute Gasteiger partial charge is 0.232 e. The minimum Gasteiger partial charge on any atom is -0.342 e. The second-order valence-corrected chi connectivity index (χ2v) is 7.63. The summed E-state index contributed by atoms with van der Waals surface area (Å²) in [5.41, 5.74) is 3.80. The van der Waals surface area contributed by atoms with Crippen molar-refractivity contribution in [1.29, 1.82) is 5.26 Å². The number of nitrogens with zero attached hydrogens (tertiary/aromatic N) is 3. The lowest BCUT2D eigenvalue weighted by molar-refractivity contribution is -0.128. The first-order chi connectivity index (χ1) is 12.1. The molecule has 2 aromatic rings. The number of likely N-dealkylation sites (tertiary alicyclic amines) is 1. The van der Waals surface area contributed by atoms with Gasteiger partial charge in [0.15, 0.2) is 0 Å². The van der Waals surface area contributed by atoms with Gasteiger partial charge in [-0.15, -0.1) is 0 Å². The van der Waals surface area contributed by atoms with Crippen molar-refractivity contribution in [3.63, 3.8) is 0 Å². The minimum absolute atomic E-state index is 0.151. The fourth-order valence-corrected chi connectivity index (χ4v) is 4.02. The second-order valence-electron chi connectivity index (χ2n) is 6.67. The van der Waals surface area contributed by atoms with Crippen LogP contribution in [0.3, 0.4) is 0 Å². The SMILES string of the molecule is Cc1cc2cc(C#N)c(SCC(=O)N3CCCCCC3)nc2cc1C. The van der Waals surface area contributed by atoms with Crippen molar-refractivity contribution in [3.05, 3.63) is 34.9 Å². The molecular formula is C20H23N3OS. The van der Waals surface area contributed by atoms with E-state index < -0.39 is 0 Å². The molecule has 1 aliphatic heterocycles. The molecule has 1 aromatic carbocycles. The first-order valence-corrected chi connectivity index (χ1v) is 9.80. The Morgan fingerprint density at radius 2 is 1.84 bits per heavy atom. The van der Waals surface area contributed by atoms with Crippen LogP contribution in [0.1, 0.15) is 42.4 Å². The molecule has 4 nitrogen and oxygen atoms in total. The lowest BCUT2D eigenvalue weighted by Gasteiger charge is -2.20. The number of hydrogen-bond acceptors (Lipinski definition) is 4. The highest BCUT2D eigenvalue weighted by molar-refractivity contribution is 8.00. The number of nitriles is 1. The lowest BCUT2D eigenvalue weighted by atomic mass is 10.1. The van der Waals surface area contributed by atoms with Crippen LogP contribution >= 0.6 is 11.8 Å². The third-order valence-electron chi connectivity index (χ3n) is 4.81. The highest BCUT2D eigenvalue weighted by Gasteiger charge is 2.17. The van der Waals surface area contributed by atoms with E-state index in [0.29, 0.717) is 16.3 Å². The van der Waals surface area contributed by atoms with Crippen molar-refractivity contribution in [1.82, 2.24) is 9.88 Å². The number of fused-ring (bicyclic) bond motifs is 1. The number of hydrogen-bond donors (Lipinski definition) is 0. The van der Waals surface area contributed by atoms with Gasteiger partial charge in [0.05, 0.1) is 16.8 Å². The summed E-state index contributed by atoms with van der Waals surface area (Å²) in [5, 5.41) is 11.1. The van der Waals surface area contributed by atoms with Crippen LogP contribution in [-0.4, -0.2) is 34.6 Å². The summed E-state index contributed by atoms with van der Waals surface area (Å²) in [7, 11) is 0. The first kappa shape index (κ1) is 17.8. The zero-order chi connectivity index (χ0) is 17.8. The summed E-state index contributed by atoms with van der Waals surface area (Å²) in [6.07, 6.45) is 4.60. The Hall–Kier alpha value is -2.06. The van der Waals surface area contributed by atoms with Gasteiger partial charge in [0.1, 0.15) is 11.1 Å². The molecule has 25 heavy (non-hydrogen) atoms. The molecule has 1 saturated heterocycles. The van der Waals surface area contributed by atoms with Crippen LogP contribution < -0.4 is 0 Å². The molecule has 0 aliphatic carbocycles. The van der Waals surface area contributed by atoms with Gasteiger partial charge >= 0.3 is 0 Å². The normalized spacial score (nSPS) is 15.0. The van der Waals surface area contributed by atoms with E-state index in [-0.39, 0.29) is 5.91 Å². The highest BCUT2D eigenvalue weighted by Crippen LogP contribution is 2.27. The van der Waals surface area contributed by atoms with Gasteiger partial charge in [0.2, 0.25) is 5.91 Å². The largest absolute Gasteiger partial charge is 0.342 e. The van der Waals surface area contributed by atoms with Crippen LogP contribution in [0.5, 0.6) is 0 Å². The van der Waals surface area contributed by atoms with Crippen molar-refractivity contribution in [2.75, 3.05) is 18.8 Å². The lowest BCUT2D eigenvalue weighted by Crippen LogP contribution is -2.33. The van der Waals surface area contributed by atoms with Gasteiger partial charge in [0.25, 0.3) is 0 Å². The van der Waals surface area contributed by atoms with Gasteiger partial charge in [0, 0.05) is 18.5 Å². The van der Waals surface area contributed by atoms with Gasteiger partial charge in [-0.25, -0.2) is 4.98 Å². The molecule has 0 N–H and O–H groups in total. The van der Waals surface area contributed by atoms with Crippen molar-refractivity contribution in [3.8, 4) is 6.07 Å². The first-order valence-electron chi connectivity index (χ1n) is 8.81. The molecule has 1 aromatic heterocycles. The van der Waals surface area contributed by atoms with Gasteiger partial charge in [-0.1, -0.05) is 24.6 Å². The van der Waals surface area contributed by atoms with E-state index in [2.05, 4.69) is 31.0 Å². The average molecular weight is 353 g/mol. The molecule has 1 fully saturated rings. The third kappa shape index (κ3) is 4.13. The van der Waals surface area contributed by atoms with Gasteiger partial charge in [-0.3, -0.25) is 4.79 Å². The molecule has 0 unspecified atom stereocenters. The van der Waals surface area contributed by atoms with Crippen molar-refractivity contribution < 1.29 is 4.79 Å². The van der Waals surface area contributed by atoms with E-state index in [1.54, 1.807) is 0 Å². The number of pyridine rings is 1. The van der Waals surface area contributed by atoms with Gasteiger partial charge in [-0.2, -0.15) is 5.26 Å². The molecule has 130 valence electrons. The van der Waals surface area contributed by atoms with Crippen LogP contribution in [0.15, 0.2) is 23.2 Å². The number of benzene rings is 1. The van der Waals surface area contributed by atoms with Crippen molar-refractivity contribution in [2.45, 2.75) is 44.6 Å². The van der Waals surface area contributed by atoms with E-state index in [1.165, 1.54) is 35.7 Å². The summed E-state index contributed by atoms with van der Waals surface area (Å²) >= 11 is 1.38. The molecule has 1 aliphatic rings. The van der Waals surface area contributed by atoms with Crippen LogP contribution in [0, 0.1) is 25.2 Å². The second kappa shape index (κ2) is 7.88. The zero-order valence-electron chi connectivity index (χ0n) is 14.8. The van der Waals surface area contributed by atoms with Crippen LogP contribution in [-0.2, 0) is 4.79 Å². The predicted molar refractivity (Wildman–Crippen MR) is 102 cm³/mol. The summed E-state index contributed by atoms with van der Waals surface area (Å²) in [5.74, 6) is 0.496. The highest BCUT2D eigenvalue weighted by atomic mass is 32.2. The molecule has 5 heteroatoms. The van der Waals surface area contributed by atoms with Gasteiger partial charge < -0.3 is 4.90 Å². The molecule has 1 amide bonds. The van der Waals surface area contributed by atoms with Gasteiger partial charge in [-0.05, 0) is 56.0 Å². The maximum atomic E-state index is 12.5. The Labute approximate surface area is 153 Å². The summed E-state index contributed by atoms with van der Waals surface area (Å²) in [6, 6.07) is 8.22. The Kier molecular flexibility index (Phi) is 5.60. The maximum Gasteiger partial charge on any atom is 0.232 e. The van der Waals surface area contributed by atoms with Crippen molar-refractivity contribution in [2.24, 2.45) is 0 Å². The van der Waals surface area contributed by atoms with E-state index >= 15 is 0 Å². The summed E-state index contributed by atoms with van der Waals surface area (Å²) in [4.78, 5) is 19.1. The van der Waals surface area contributed by atoms with Crippen LogP contribution in [0.25, 0.3) is 10.9 Å². The molecule has 0 saturated carbocycles. The van der Waals surface area contributed by atoms with E-state index in [9.17, 15) is 10.1 Å². The number of carbonyl (C=O) groups excluding carboxylic acids is 1. The van der Waals surface area contributed by atoms with E-state index in [4.69, 9.17) is 0 Å². The number of carbonyl (C=O) groups is 1. The van der Waals surface area contributed by atoms with Crippen LogP contribution in [0.2, 0.25) is 0 Å². The molecular weight excluding hydrogens is 330 g/mol. The maximum absolute atomic E-state index is 12.5. The standard InChI is InChI=1S/C20H23N3OS/c1-14-9-16-11-17(12-21)20(22-18(16)10-15(14)2)25-13-19(24)23-7-5-3-4-6-8-23/h9-11H,3-8,13H2,1-2H3. The molecule has 0 radical (unpaired) electrons. The Morgan fingerprint density at radius 3 is 2.52 bits per heavy atom. The fraction of sp³-hybridized carbons (Fsp3) is 0.450. The van der Waals surface area contributed by atoms with E-state index in [0.717, 1.165) is 36.8 Å². The molecule has 0 spiro atoms. The van der Waals surface area contributed by atoms with E-state index in [1.807, 2.05) is 17.0 Å². The third-order valence-corrected chi connectivity index (χ3v) is 5.78. The summed E-state index contributed by atoms with van der Waals surface area (Å²) in [6.45, 7) is 5.83. The number of amides is 1. The summed E-state index contributed by atoms with van der Waals surface area (Å²) < 4.78 is 0. The number of aryl methyl sites for hydroxylation is 2. The Morgan fingerprint density at radius 1 is 1.16 bits per heavy atom. The molecule has 3 rings (SSSR count). The topological polar surface area (TPSA) is 57.0 Å². The average Bonchev–Trinajstić information content (AvgIpc) is 2.89. The molecule has 2 heterocycles. The molecule has 0 bridgehead atoms. The number of aromatic nitrogens is 1. The monoisotopic (exact) mass is 353 g/mol. The predicted octanol–water partition coefficient (Wildman–Crippen LogP) is 4.22.